The highest BCUT2D eigenvalue weighted by Crippen LogP contribution is 2.35. The van der Waals surface area contributed by atoms with E-state index in [1.165, 1.54) is 18.5 Å². The lowest BCUT2D eigenvalue weighted by molar-refractivity contribution is 0.0961. The van der Waals surface area contributed by atoms with Crippen molar-refractivity contribution in [3.05, 3.63) is 83.6 Å². The minimum Gasteiger partial charge on any atom is -0.612 e. The molecule has 192 valence electrons. The molecule has 0 aliphatic heterocycles. The number of amides is 1. The maximum Gasteiger partial charge on any atom is 0.274 e. The van der Waals surface area contributed by atoms with Crippen molar-refractivity contribution in [2.24, 2.45) is 23.3 Å². The number of nitrogens with one attached hydrogen (secondary N) is 1. The predicted molar refractivity (Wildman–Crippen MR) is 134 cm³/mol. The van der Waals surface area contributed by atoms with Crippen LogP contribution in [0.4, 0.5) is 13.2 Å². The van der Waals surface area contributed by atoms with Gasteiger partial charge in [0.15, 0.2) is 4.90 Å². The fourth-order valence-electron chi connectivity index (χ4n) is 4.57. The maximum absolute atomic E-state index is 14.7. The highest BCUT2D eigenvalue weighted by molar-refractivity contribution is 7.90. The molecule has 3 rings (SSSR count). The Morgan fingerprint density at radius 2 is 1.86 bits per heavy atom. The summed E-state index contributed by atoms with van der Waals surface area (Å²) in [5.41, 5.74) is 11.3. The number of pyridine rings is 1. The first-order valence-corrected chi connectivity index (χ1v) is 12.9. The van der Waals surface area contributed by atoms with Crippen molar-refractivity contribution < 1.29 is 22.5 Å². The average molecular weight is 519 g/mol. The fourth-order valence-corrected chi connectivity index (χ4v) is 5.11. The molecule has 10 heteroatoms. The van der Waals surface area contributed by atoms with Crippen molar-refractivity contribution >= 4 is 17.1 Å². The smallest absolute Gasteiger partial charge is 0.274 e. The highest BCUT2D eigenvalue weighted by Gasteiger charge is 2.28. The molecule has 0 unspecified atom stereocenters. The van der Waals surface area contributed by atoms with E-state index in [1.54, 1.807) is 6.08 Å². The second-order valence-corrected chi connectivity index (χ2v) is 10.3. The number of nitrogens with two attached hydrogens (primary N) is 2. The Labute approximate surface area is 211 Å². The molecule has 1 aliphatic rings. The third-order valence-corrected chi connectivity index (χ3v) is 7.02. The molecule has 1 aromatic carbocycles. The Morgan fingerprint density at radius 3 is 2.42 bits per heavy atom. The van der Waals surface area contributed by atoms with E-state index in [9.17, 15) is 22.5 Å². The fraction of sp³-hybridized carbons (Fsp3) is 0.308. The maximum atomic E-state index is 14.7. The standard InChI is InChI=1S/C26H29F3N4O2S/c1-4-22(18(7-8-30)15-9-14(2)10-16(31)11-15)33-26(34)23-6-5-19(27)25(32-23)24-20(28)12-17(36(3)35)13-21(24)29/h4-8,12-16H,1,9-11,30-31H2,2-3H3,(H,33,34)/b8-7-,22-18-/t14-,15+,16-,36+/m0/s1. The van der Waals surface area contributed by atoms with Crippen LogP contribution in [0.5, 0.6) is 0 Å². The number of hydrogen-bond donors (Lipinski definition) is 3. The van der Waals surface area contributed by atoms with Gasteiger partial charge < -0.3 is 21.3 Å². The minimum atomic E-state index is -1.65. The van der Waals surface area contributed by atoms with E-state index >= 15 is 0 Å². The summed E-state index contributed by atoms with van der Waals surface area (Å²) in [7, 11) is 0. The zero-order chi connectivity index (χ0) is 26.6. The lowest BCUT2D eigenvalue weighted by Gasteiger charge is -2.33. The number of halogens is 3. The zero-order valence-corrected chi connectivity index (χ0v) is 20.9. The van der Waals surface area contributed by atoms with E-state index in [4.69, 9.17) is 11.5 Å². The van der Waals surface area contributed by atoms with Gasteiger partial charge in [0.25, 0.3) is 5.91 Å². The van der Waals surface area contributed by atoms with Crippen LogP contribution in [0.1, 0.15) is 36.7 Å². The summed E-state index contributed by atoms with van der Waals surface area (Å²) in [4.78, 5) is 16.9. The van der Waals surface area contributed by atoms with Gasteiger partial charge in [-0.15, -0.1) is 0 Å². The number of allylic oxidation sites excluding steroid dienone is 3. The van der Waals surface area contributed by atoms with Crippen LogP contribution >= 0.6 is 0 Å². The summed E-state index contributed by atoms with van der Waals surface area (Å²) in [6.07, 6.45) is 8.21. The van der Waals surface area contributed by atoms with Crippen molar-refractivity contribution in [2.75, 3.05) is 6.26 Å². The van der Waals surface area contributed by atoms with Gasteiger partial charge in [0.1, 0.15) is 35.1 Å². The summed E-state index contributed by atoms with van der Waals surface area (Å²) in [5.74, 6) is -3.63. The monoisotopic (exact) mass is 518 g/mol. The molecule has 1 saturated carbocycles. The molecule has 1 aromatic heterocycles. The second-order valence-electron chi connectivity index (χ2n) is 8.90. The van der Waals surface area contributed by atoms with E-state index in [2.05, 4.69) is 23.8 Å². The van der Waals surface area contributed by atoms with Gasteiger partial charge in [-0.3, -0.25) is 4.79 Å². The normalized spacial score (nSPS) is 21.7. The van der Waals surface area contributed by atoms with Crippen molar-refractivity contribution in [2.45, 2.75) is 37.1 Å². The van der Waals surface area contributed by atoms with E-state index in [0.717, 1.165) is 42.7 Å². The molecule has 0 radical (unpaired) electrons. The van der Waals surface area contributed by atoms with Crippen molar-refractivity contribution in [3.63, 3.8) is 0 Å². The van der Waals surface area contributed by atoms with Crippen LogP contribution in [0, 0.1) is 29.3 Å². The average Bonchev–Trinajstić information content (AvgIpc) is 2.81. The molecule has 36 heavy (non-hydrogen) atoms. The van der Waals surface area contributed by atoms with Gasteiger partial charge in [-0.2, -0.15) is 0 Å². The lowest BCUT2D eigenvalue weighted by Crippen LogP contribution is -2.34. The number of carbonyl (C=O) groups is 1. The Kier molecular flexibility index (Phi) is 8.99. The summed E-state index contributed by atoms with van der Waals surface area (Å²) in [6.45, 7) is 5.89. The molecular formula is C26H29F3N4O2S. The Hall–Kier alpha value is -3.08. The molecule has 5 N–H and O–H groups in total. The molecule has 2 aromatic rings. The zero-order valence-electron chi connectivity index (χ0n) is 20.1. The first-order chi connectivity index (χ1) is 17.0. The number of hydrogen-bond acceptors (Lipinski definition) is 5. The van der Waals surface area contributed by atoms with Gasteiger partial charge in [0, 0.05) is 23.9 Å². The Morgan fingerprint density at radius 1 is 1.19 bits per heavy atom. The van der Waals surface area contributed by atoms with Crippen LogP contribution in [0.3, 0.4) is 0 Å². The van der Waals surface area contributed by atoms with Crippen LogP contribution in [0.15, 0.2) is 65.4 Å². The quantitative estimate of drug-likeness (QED) is 0.373. The molecule has 1 amide bonds. The lowest BCUT2D eigenvalue weighted by atomic mass is 9.75. The Balaban J connectivity index is 1.98. The first kappa shape index (κ1) is 27.5. The van der Waals surface area contributed by atoms with Gasteiger partial charge in [-0.05, 0) is 78.3 Å². The SMILES string of the molecule is C=C/C(NC(=O)c1ccc(F)c(-c2c(F)cc([S@@+](C)[O-])cc2F)n1)=C(\C=C/N)[C@@H]1C[C@H](C)C[C@H](N)C1. The second kappa shape index (κ2) is 11.8. The Bertz CT molecular complexity index is 1180. The summed E-state index contributed by atoms with van der Waals surface area (Å²) in [6, 6.07) is 3.72. The van der Waals surface area contributed by atoms with Crippen LogP contribution in [0.2, 0.25) is 0 Å². The topological polar surface area (TPSA) is 117 Å². The van der Waals surface area contributed by atoms with Crippen molar-refractivity contribution in [3.8, 4) is 11.3 Å². The molecule has 4 atom stereocenters. The van der Waals surface area contributed by atoms with Gasteiger partial charge >= 0.3 is 0 Å². The molecule has 0 spiro atoms. The van der Waals surface area contributed by atoms with Gasteiger partial charge in [-0.25, -0.2) is 18.2 Å². The van der Waals surface area contributed by atoms with Gasteiger partial charge in [0.05, 0.1) is 5.56 Å². The van der Waals surface area contributed by atoms with Crippen LogP contribution in [-0.2, 0) is 11.2 Å². The molecule has 1 aliphatic carbocycles. The molecular weight excluding hydrogens is 489 g/mol. The number of carbonyl (C=O) groups excluding carboxylic acids is 1. The third-order valence-electron chi connectivity index (χ3n) is 6.12. The molecule has 0 bridgehead atoms. The predicted octanol–water partition coefficient (Wildman–Crippen LogP) is 4.31. The summed E-state index contributed by atoms with van der Waals surface area (Å²) in [5, 5.41) is 2.71. The minimum absolute atomic E-state index is 0.00401. The summed E-state index contributed by atoms with van der Waals surface area (Å²) < 4.78 is 55.5. The van der Waals surface area contributed by atoms with Crippen molar-refractivity contribution in [1.82, 2.24) is 10.3 Å². The number of rotatable bonds is 7. The summed E-state index contributed by atoms with van der Waals surface area (Å²) >= 11 is -1.65. The van der Waals surface area contributed by atoms with Gasteiger partial charge in [-0.1, -0.05) is 13.5 Å². The van der Waals surface area contributed by atoms with E-state index in [0.29, 0.717) is 18.0 Å². The number of benzene rings is 1. The largest absolute Gasteiger partial charge is 0.612 e. The first-order valence-electron chi connectivity index (χ1n) is 11.4. The van der Waals surface area contributed by atoms with Crippen LogP contribution in [-0.4, -0.2) is 27.7 Å². The van der Waals surface area contributed by atoms with Crippen LogP contribution in [0.25, 0.3) is 11.3 Å². The van der Waals surface area contributed by atoms with E-state index in [-0.39, 0.29) is 22.5 Å². The third kappa shape index (κ3) is 6.18. The molecule has 0 saturated heterocycles. The van der Waals surface area contributed by atoms with E-state index < -0.39 is 45.8 Å². The number of aromatic nitrogens is 1. The van der Waals surface area contributed by atoms with E-state index in [1.807, 2.05) is 0 Å². The molecule has 1 fully saturated rings. The van der Waals surface area contributed by atoms with Crippen LogP contribution < -0.4 is 16.8 Å². The molecule has 1 heterocycles. The molecule has 6 nitrogen and oxygen atoms in total. The highest BCUT2D eigenvalue weighted by atomic mass is 32.2. The van der Waals surface area contributed by atoms with Crippen molar-refractivity contribution in [1.29, 1.82) is 0 Å². The number of nitrogens with zero attached hydrogens (tertiary/aromatic N) is 1. The van der Waals surface area contributed by atoms with Gasteiger partial charge in [0.2, 0.25) is 0 Å².